The molecule has 5 nitrogen and oxygen atoms in total. The molecule has 1 aromatic carbocycles. The van der Waals surface area contributed by atoms with Crippen molar-refractivity contribution >= 4 is 67.9 Å². The van der Waals surface area contributed by atoms with Crippen molar-refractivity contribution in [2.45, 2.75) is 6.42 Å². The molecule has 1 saturated heterocycles. The maximum atomic E-state index is 12.6. The summed E-state index contributed by atoms with van der Waals surface area (Å²) < 4.78 is 1.40. The molecule has 1 N–H and O–H groups in total. The first-order valence-electron chi connectivity index (χ1n) is 7.75. The summed E-state index contributed by atoms with van der Waals surface area (Å²) in [5.41, 5.74) is 0.910. The molecule has 2 amide bonds. The molecule has 8 heteroatoms. The van der Waals surface area contributed by atoms with Gasteiger partial charge in [-0.2, -0.15) is 0 Å². The summed E-state index contributed by atoms with van der Waals surface area (Å²) in [4.78, 5) is 30.7. The zero-order valence-corrected chi connectivity index (χ0v) is 16.7. The Morgan fingerprint density at radius 1 is 1.31 bits per heavy atom. The number of hydrogen-bond donors (Lipinski definition) is 1. The summed E-state index contributed by atoms with van der Waals surface area (Å²) in [6, 6.07) is 12.9. The van der Waals surface area contributed by atoms with Crippen molar-refractivity contribution in [1.29, 1.82) is 0 Å². The average molecular weight is 448 g/mol. The fourth-order valence-corrected chi connectivity index (χ4v) is 4.02. The van der Waals surface area contributed by atoms with Gasteiger partial charge in [0.1, 0.15) is 10.1 Å². The highest BCUT2D eigenvalue weighted by atomic mass is 79.9. The minimum absolute atomic E-state index is 0.146. The molecule has 0 aliphatic carbocycles. The van der Waals surface area contributed by atoms with Crippen LogP contribution in [0, 0.1) is 0 Å². The number of rotatable bonds is 5. The van der Waals surface area contributed by atoms with Crippen LogP contribution in [0.4, 0.5) is 5.82 Å². The van der Waals surface area contributed by atoms with Gasteiger partial charge in [0, 0.05) is 23.6 Å². The lowest BCUT2D eigenvalue weighted by molar-refractivity contribution is -0.122. The summed E-state index contributed by atoms with van der Waals surface area (Å²) in [7, 11) is 0. The Balaban J connectivity index is 1.61. The molecule has 0 radical (unpaired) electrons. The third-order valence-corrected chi connectivity index (χ3v) is 5.39. The van der Waals surface area contributed by atoms with E-state index in [9.17, 15) is 9.59 Å². The van der Waals surface area contributed by atoms with Gasteiger partial charge in [-0.1, -0.05) is 58.1 Å². The predicted molar refractivity (Wildman–Crippen MR) is 112 cm³/mol. The molecule has 0 bridgehead atoms. The summed E-state index contributed by atoms with van der Waals surface area (Å²) in [5.74, 6) is 0.0942. The standard InChI is InChI=1S/C18H14BrN3O2S2/c19-13-5-3-4-12(10-13)11-14-17(24)22(18(25)26-14)9-7-16(23)21-15-6-1-2-8-20-15/h1-6,8,10-11H,7,9H2,(H,20,21,23)/b14-11+. The predicted octanol–water partition coefficient (Wildman–Crippen LogP) is 4.07. The van der Waals surface area contributed by atoms with Crippen LogP contribution in [-0.2, 0) is 9.59 Å². The third kappa shape index (κ3) is 4.78. The molecular formula is C18H14BrN3O2S2. The topological polar surface area (TPSA) is 62.3 Å². The van der Waals surface area contributed by atoms with E-state index in [0.717, 1.165) is 10.0 Å². The summed E-state index contributed by atoms with van der Waals surface area (Å²) >= 11 is 9.95. The number of amides is 2. The highest BCUT2D eigenvalue weighted by Gasteiger charge is 2.32. The van der Waals surface area contributed by atoms with Gasteiger partial charge in [0.25, 0.3) is 5.91 Å². The van der Waals surface area contributed by atoms with E-state index < -0.39 is 0 Å². The smallest absolute Gasteiger partial charge is 0.266 e. The zero-order chi connectivity index (χ0) is 18.5. The summed E-state index contributed by atoms with van der Waals surface area (Å²) in [6.45, 7) is 0.235. The van der Waals surface area contributed by atoms with Gasteiger partial charge in [-0.15, -0.1) is 0 Å². The molecule has 26 heavy (non-hydrogen) atoms. The Morgan fingerprint density at radius 2 is 2.15 bits per heavy atom. The molecule has 0 saturated carbocycles. The van der Waals surface area contributed by atoms with Gasteiger partial charge in [-0.25, -0.2) is 4.98 Å². The van der Waals surface area contributed by atoms with Gasteiger partial charge in [-0.3, -0.25) is 14.5 Å². The number of nitrogens with one attached hydrogen (secondary N) is 1. The van der Waals surface area contributed by atoms with Crippen molar-refractivity contribution in [2.24, 2.45) is 0 Å². The van der Waals surface area contributed by atoms with Crippen LogP contribution in [0.5, 0.6) is 0 Å². The molecule has 2 heterocycles. The Kier molecular flexibility index (Phi) is 6.18. The van der Waals surface area contributed by atoms with E-state index in [1.54, 1.807) is 30.5 Å². The first-order valence-corrected chi connectivity index (χ1v) is 9.76. The SMILES string of the molecule is O=C(CCN1C(=O)/C(=C\c2cccc(Br)c2)SC1=S)Nc1ccccn1. The third-order valence-electron chi connectivity index (χ3n) is 3.51. The van der Waals surface area contributed by atoms with Gasteiger partial charge in [0.15, 0.2) is 0 Å². The monoisotopic (exact) mass is 447 g/mol. The van der Waals surface area contributed by atoms with Gasteiger partial charge in [0.2, 0.25) is 5.91 Å². The molecule has 0 spiro atoms. The van der Waals surface area contributed by atoms with Crippen LogP contribution < -0.4 is 5.32 Å². The summed E-state index contributed by atoms with van der Waals surface area (Å²) in [5, 5.41) is 2.69. The highest BCUT2D eigenvalue weighted by Crippen LogP contribution is 2.32. The number of thiocarbonyl (C=S) groups is 1. The zero-order valence-electron chi connectivity index (χ0n) is 13.5. The molecule has 1 aliphatic heterocycles. The van der Waals surface area contributed by atoms with Gasteiger partial charge < -0.3 is 5.32 Å². The normalized spacial score (nSPS) is 15.6. The average Bonchev–Trinajstić information content (AvgIpc) is 2.87. The Labute approximate surface area is 169 Å². The van der Waals surface area contributed by atoms with Crippen molar-refractivity contribution in [3.63, 3.8) is 0 Å². The van der Waals surface area contributed by atoms with Crippen molar-refractivity contribution in [1.82, 2.24) is 9.88 Å². The Bertz CT molecular complexity index is 887. The fourth-order valence-electron chi connectivity index (χ4n) is 2.30. The fraction of sp³-hybridized carbons (Fsp3) is 0.111. The minimum Gasteiger partial charge on any atom is -0.311 e. The number of nitrogens with zero attached hydrogens (tertiary/aromatic N) is 2. The van der Waals surface area contributed by atoms with Crippen LogP contribution >= 0.6 is 39.9 Å². The number of carbonyl (C=O) groups is 2. The lowest BCUT2D eigenvalue weighted by Gasteiger charge is -2.13. The lowest BCUT2D eigenvalue weighted by Crippen LogP contribution is -2.31. The van der Waals surface area contributed by atoms with E-state index in [0.29, 0.717) is 15.0 Å². The second-order valence-corrected chi connectivity index (χ2v) is 7.99. The molecule has 0 unspecified atom stereocenters. The van der Waals surface area contributed by atoms with Crippen molar-refractivity contribution in [3.8, 4) is 0 Å². The Morgan fingerprint density at radius 3 is 2.88 bits per heavy atom. The minimum atomic E-state index is -0.214. The largest absolute Gasteiger partial charge is 0.311 e. The molecule has 3 rings (SSSR count). The first kappa shape index (κ1) is 18.8. The number of benzene rings is 1. The highest BCUT2D eigenvalue weighted by molar-refractivity contribution is 9.10. The van der Waals surface area contributed by atoms with E-state index in [2.05, 4.69) is 26.2 Å². The van der Waals surface area contributed by atoms with E-state index in [1.807, 2.05) is 24.3 Å². The van der Waals surface area contributed by atoms with Crippen LogP contribution in [0.1, 0.15) is 12.0 Å². The molecule has 1 fully saturated rings. The van der Waals surface area contributed by atoms with E-state index in [4.69, 9.17) is 12.2 Å². The van der Waals surface area contributed by atoms with Crippen LogP contribution in [-0.4, -0.2) is 32.6 Å². The molecule has 2 aromatic rings. The molecular weight excluding hydrogens is 434 g/mol. The number of halogens is 1. The van der Waals surface area contributed by atoms with Gasteiger partial charge >= 0.3 is 0 Å². The van der Waals surface area contributed by atoms with Crippen molar-refractivity contribution in [2.75, 3.05) is 11.9 Å². The maximum Gasteiger partial charge on any atom is 0.266 e. The van der Waals surface area contributed by atoms with E-state index in [1.165, 1.54) is 16.7 Å². The number of pyridine rings is 1. The van der Waals surface area contributed by atoms with Crippen molar-refractivity contribution in [3.05, 3.63) is 63.6 Å². The van der Waals surface area contributed by atoms with Gasteiger partial charge in [0.05, 0.1) is 4.91 Å². The van der Waals surface area contributed by atoms with Gasteiger partial charge in [-0.05, 0) is 35.9 Å². The van der Waals surface area contributed by atoms with E-state index in [-0.39, 0.29) is 24.8 Å². The van der Waals surface area contributed by atoms with Crippen LogP contribution in [0.15, 0.2) is 58.0 Å². The Hall–Kier alpha value is -2.03. The molecule has 0 atom stereocenters. The molecule has 1 aromatic heterocycles. The van der Waals surface area contributed by atoms with Crippen LogP contribution in [0.2, 0.25) is 0 Å². The number of aromatic nitrogens is 1. The second kappa shape index (κ2) is 8.57. The number of hydrogen-bond acceptors (Lipinski definition) is 5. The summed E-state index contributed by atoms with van der Waals surface area (Å²) in [6.07, 6.45) is 3.55. The van der Waals surface area contributed by atoms with Crippen LogP contribution in [0.25, 0.3) is 6.08 Å². The second-order valence-electron chi connectivity index (χ2n) is 5.40. The van der Waals surface area contributed by atoms with Crippen LogP contribution in [0.3, 0.4) is 0 Å². The molecule has 1 aliphatic rings. The van der Waals surface area contributed by atoms with E-state index >= 15 is 0 Å². The first-order chi connectivity index (χ1) is 12.5. The quantitative estimate of drug-likeness (QED) is 0.552. The number of anilines is 1. The number of carbonyl (C=O) groups excluding carboxylic acids is 2. The molecule has 132 valence electrons. The lowest BCUT2D eigenvalue weighted by atomic mass is 10.2. The maximum absolute atomic E-state index is 12.6. The number of thioether (sulfide) groups is 1. The van der Waals surface area contributed by atoms with Crippen molar-refractivity contribution < 1.29 is 9.59 Å².